The number of nitrogens with zero attached hydrogens (tertiary/aromatic N) is 1. The van der Waals surface area contributed by atoms with Crippen molar-refractivity contribution in [3.8, 4) is 0 Å². The van der Waals surface area contributed by atoms with Crippen LogP contribution in [0.25, 0.3) is 0 Å². The molecule has 0 aromatic heterocycles. The van der Waals surface area contributed by atoms with E-state index in [1.54, 1.807) is 0 Å². The molecule has 82 valence electrons. The first-order valence-corrected chi connectivity index (χ1v) is 7.15. The lowest BCUT2D eigenvalue weighted by Crippen LogP contribution is -2.46. The predicted octanol–water partition coefficient (Wildman–Crippen LogP) is 0.193. The summed E-state index contributed by atoms with van der Waals surface area (Å²) < 4.78 is 11.4. The molecule has 2 fully saturated rings. The minimum Gasteiger partial charge on any atom is -0.315 e. The topological polar surface area (TPSA) is 32.3 Å². The summed E-state index contributed by atoms with van der Waals surface area (Å²) in [4.78, 5) is 2.54. The van der Waals surface area contributed by atoms with Gasteiger partial charge in [-0.1, -0.05) is 0 Å². The lowest BCUT2D eigenvalue weighted by Gasteiger charge is -2.33. The van der Waals surface area contributed by atoms with Crippen molar-refractivity contribution in [1.82, 2.24) is 10.2 Å². The van der Waals surface area contributed by atoms with Crippen LogP contribution in [0.1, 0.15) is 19.3 Å². The van der Waals surface area contributed by atoms with Gasteiger partial charge in [-0.05, 0) is 32.4 Å². The molecule has 0 amide bonds. The molecule has 2 aliphatic rings. The Kier molecular flexibility index (Phi) is 3.96. The molecule has 0 aromatic carbocycles. The van der Waals surface area contributed by atoms with Gasteiger partial charge in [0.25, 0.3) is 0 Å². The second kappa shape index (κ2) is 5.24. The highest BCUT2D eigenvalue weighted by atomic mass is 32.2. The molecule has 0 spiro atoms. The van der Waals surface area contributed by atoms with Crippen molar-refractivity contribution in [2.45, 2.75) is 25.3 Å². The second-order valence-electron chi connectivity index (χ2n) is 4.24. The fourth-order valence-corrected chi connectivity index (χ4v) is 3.47. The molecule has 3 nitrogen and oxygen atoms in total. The van der Waals surface area contributed by atoms with Crippen molar-refractivity contribution in [3.05, 3.63) is 0 Å². The number of hydrogen-bond acceptors (Lipinski definition) is 3. The summed E-state index contributed by atoms with van der Waals surface area (Å²) in [7, 11) is -0.545. The summed E-state index contributed by atoms with van der Waals surface area (Å²) in [5.41, 5.74) is 0. The van der Waals surface area contributed by atoms with Crippen LogP contribution in [0.15, 0.2) is 0 Å². The van der Waals surface area contributed by atoms with Crippen LogP contribution in [0.3, 0.4) is 0 Å². The molecule has 2 unspecified atom stereocenters. The molecule has 0 saturated carbocycles. The van der Waals surface area contributed by atoms with E-state index in [0.29, 0.717) is 6.04 Å². The third-order valence-corrected chi connectivity index (χ3v) is 4.59. The standard InChI is InChI=1S/C10H20N2OS/c13-14-7-2-5-12(6-8-14)10-3-1-4-11-9-10/h10-11H,1-9H2. The monoisotopic (exact) mass is 216 g/mol. The van der Waals surface area contributed by atoms with Gasteiger partial charge in [0.05, 0.1) is 0 Å². The number of piperidine rings is 1. The molecule has 1 N–H and O–H groups in total. The zero-order valence-electron chi connectivity index (χ0n) is 8.71. The van der Waals surface area contributed by atoms with E-state index in [4.69, 9.17) is 0 Å². The van der Waals surface area contributed by atoms with Gasteiger partial charge in [-0.2, -0.15) is 0 Å². The van der Waals surface area contributed by atoms with E-state index in [2.05, 4.69) is 10.2 Å². The summed E-state index contributed by atoms with van der Waals surface area (Å²) in [5.74, 6) is 1.80. The van der Waals surface area contributed by atoms with E-state index in [0.717, 1.165) is 37.6 Å². The largest absolute Gasteiger partial charge is 0.315 e. The van der Waals surface area contributed by atoms with Gasteiger partial charge >= 0.3 is 0 Å². The highest BCUT2D eigenvalue weighted by Crippen LogP contribution is 2.13. The highest BCUT2D eigenvalue weighted by molar-refractivity contribution is 7.85. The Labute approximate surface area is 88.7 Å². The van der Waals surface area contributed by atoms with Crippen molar-refractivity contribution >= 4 is 10.8 Å². The normalized spacial score (nSPS) is 36.6. The first-order valence-electron chi connectivity index (χ1n) is 5.66. The van der Waals surface area contributed by atoms with Crippen LogP contribution >= 0.6 is 0 Å². The van der Waals surface area contributed by atoms with Crippen molar-refractivity contribution in [2.75, 3.05) is 37.7 Å². The molecule has 0 bridgehead atoms. The molecule has 0 aromatic rings. The Bertz CT molecular complexity index is 204. The van der Waals surface area contributed by atoms with Crippen LogP contribution < -0.4 is 5.32 Å². The quantitative estimate of drug-likeness (QED) is 0.679. The molecule has 2 saturated heterocycles. The van der Waals surface area contributed by atoms with Gasteiger partial charge in [0.2, 0.25) is 0 Å². The summed E-state index contributed by atoms with van der Waals surface area (Å²) >= 11 is 0. The molecule has 0 radical (unpaired) electrons. The lowest BCUT2D eigenvalue weighted by atomic mass is 10.1. The first kappa shape index (κ1) is 10.6. The van der Waals surface area contributed by atoms with Gasteiger partial charge in [0.15, 0.2) is 0 Å². The SMILES string of the molecule is O=S1CCCN(C2CCCNC2)CC1. The predicted molar refractivity (Wildman–Crippen MR) is 60.0 cm³/mol. The van der Waals surface area contributed by atoms with Gasteiger partial charge in [-0.15, -0.1) is 0 Å². The Morgan fingerprint density at radius 3 is 2.93 bits per heavy atom. The lowest BCUT2D eigenvalue weighted by molar-refractivity contribution is 0.178. The Hall–Kier alpha value is 0.0700. The van der Waals surface area contributed by atoms with Crippen molar-refractivity contribution in [1.29, 1.82) is 0 Å². The van der Waals surface area contributed by atoms with E-state index >= 15 is 0 Å². The Morgan fingerprint density at radius 1 is 1.21 bits per heavy atom. The molecule has 2 rings (SSSR count). The van der Waals surface area contributed by atoms with Gasteiger partial charge < -0.3 is 5.32 Å². The summed E-state index contributed by atoms with van der Waals surface area (Å²) in [5, 5.41) is 3.45. The minimum atomic E-state index is -0.545. The highest BCUT2D eigenvalue weighted by Gasteiger charge is 2.22. The molecule has 2 atom stereocenters. The van der Waals surface area contributed by atoms with Crippen molar-refractivity contribution in [2.24, 2.45) is 0 Å². The van der Waals surface area contributed by atoms with E-state index < -0.39 is 10.8 Å². The molecule has 2 aliphatic heterocycles. The smallest absolute Gasteiger partial charge is 0.0362 e. The molecule has 14 heavy (non-hydrogen) atoms. The zero-order valence-corrected chi connectivity index (χ0v) is 9.52. The minimum absolute atomic E-state index is 0.545. The third-order valence-electron chi connectivity index (χ3n) is 3.21. The molecule has 4 heteroatoms. The first-order chi connectivity index (χ1) is 6.86. The average molecular weight is 216 g/mol. The summed E-state index contributed by atoms with van der Waals surface area (Å²) in [6.07, 6.45) is 3.73. The zero-order chi connectivity index (χ0) is 9.80. The Balaban J connectivity index is 1.86. The molecule has 0 aliphatic carbocycles. The fraction of sp³-hybridized carbons (Fsp3) is 1.00. The van der Waals surface area contributed by atoms with Crippen LogP contribution in [0.4, 0.5) is 0 Å². The van der Waals surface area contributed by atoms with Crippen molar-refractivity contribution < 1.29 is 4.21 Å². The summed E-state index contributed by atoms with van der Waals surface area (Å²) in [6, 6.07) is 0.707. The average Bonchev–Trinajstić information content (AvgIpc) is 2.44. The maximum Gasteiger partial charge on any atom is 0.0362 e. The third kappa shape index (κ3) is 2.78. The second-order valence-corrected chi connectivity index (χ2v) is 5.93. The fourth-order valence-electron chi connectivity index (χ4n) is 2.37. The Morgan fingerprint density at radius 2 is 2.14 bits per heavy atom. The van der Waals surface area contributed by atoms with Crippen LogP contribution in [0.2, 0.25) is 0 Å². The van der Waals surface area contributed by atoms with Gasteiger partial charge in [0, 0.05) is 41.4 Å². The summed E-state index contributed by atoms with van der Waals surface area (Å²) in [6.45, 7) is 4.50. The van der Waals surface area contributed by atoms with E-state index in [-0.39, 0.29) is 0 Å². The molecular formula is C10H20N2OS. The van der Waals surface area contributed by atoms with E-state index in [9.17, 15) is 4.21 Å². The van der Waals surface area contributed by atoms with Crippen LogP contribution in [0.5, 0.6) is 0 Å². The number of nitrogens with one attached hydrogen (secondary N) is 1. The number of hydrogen-bond donors (Lipinski definition) is 1. The molecular weight excluding hydrogens is 196 g/mol. The van der Waals surface area contributed by atoms with Crippen LogP contribution in [0, 0.1) is 0 Å². The maximum atomic E-state index is 11.4. The van der Waals surface area contributed by atoms with E-state index in [1.165, 1.54) is 19.4 Å². The van der Waals surface area contributed by atoms with E-state index in [1.807, 2.05) is 0 Å². The van der Waals surface area contributed by atoms with Gasteiger partial charge in [0.1, 0.15) is 0 Å². The van der Waals surface area contributed by atoms with Gasteiger partial charge in [-0.25, -0.2) is 0 Å². The van der Waals surface area contributed by atoms with Crippen molar-refractivity contribution in [3.63, 3.8) is 0 Å². The molecule has 2 heterocycles. The van der Waals surface area contributed by atoms with Crippen LogP contribution in [-0.2, 0) is 10.8 Å². The number of rotatable bonds is 1. The van der Waals surface area contributed by atoms with Gasteiger partial charge in [-0.3, -0.25) is 9.11 Å². The van der Waals surface area contributed by atoms with Crippen LogP contribution in [-0.4, -0.2) is 52.8 Å². The maximum absolute atomic E-state index is 11.4.